The number of hydrogen-bond acceptors (Lipinski definition) is 5. The molecule has 26 heavy (non-hydrogen) atoms. The fourth-order valence-electron chi connectivity index (χ4n) is 3.48. The average Bonchev–Trinajstić information content (AvgIpc) is 2.61. The van der Waals surface area contributed by atoms with E-state index in [9.17, 15) is 4.79 Å². The smallest absolute Gasteiger partial charge is 0.341 e. The molecule has 1 heterocycles. The molecule has 0 aliphatic heterocycles. The molecule has 0 bridgehead atoms. The Bertz CT molecular complexity index is 829. The van der Waals surface area contributed by atoms with E-state index in [1.54, 1.807) is 18.2 Å². The number of rotatable bonds is 4. The predicted molar refractivity (Wildman–Crippen MR) is 98.8 cm³/mol. The predicted octanol–water partition coefficient (Wildman–Crippen LogP) is 4.28. The topological polar surface area (TPSA) is 57.7 Å². The Morgan fingerprint density at radius 1 is 1.23 bits per heavy atom. The van der Waals surface area contributed by atoms with Crippen LogP contribution in [0.15, 0.2) is 30.5 Å². The van der Waals surface area contributed by atoms with Gasteiger partial charge in [0, 0.05) is 23.5 Å². The molecule has 5 nitrogen and oxygen atoms in total. The van der Waals surface area contributed by atoms with Gasteiger partial charge in [-0.3, -0.25) is 4.98 Å². The van der Waals surface area contributed by atoms with Gasteiger partial charge >= 0.3 is 5.97 Å². The van der Waals surface area contributed by atoms with Crippen molar-refractivity contribution in [3.05, 3.63) is 52.8 Å². The van der Waals surface area contributed by atoms with Crippen molar-refractivity contribution in [1.29, 1.82) is 0 Å². The van der Waals surface area contributed by atoms with Crippen molar-refractivity contribution >= 4 is 5.97 Å². The number of pyridine rings is 1. The number of carbonyl (C=O) groups excluding carboxylic acids is 1. The molecule has 0 amide bonds. The van der Waals surface area contributed by atoms with Gasteiger partial charge in [-0.1, -0.05) is 13.8 Å². The second-order valence-electron chi connectivity index (χ2n) is 7.55. The van der Waals surface area contributed by atoms with Crippen LogP contribution in [0.25, 0.3) is 0 Å². The van der Waals surface area contributed by atoms with E-state index in [0.29, 0.717) is 17.1 Å². The number of nitrogens with zero attached hydrogens (tertiary/aromatic N) is 1. The summed E-state index contributed by atoms with van der Waals surface area (Å²) < 4.78 is 16.4. The fourth-order valence-corrected chi connectivity index (χ4v) is 3.48. The first-order valence-corrected chi connectivity index (χ1v) is 8.71. The molecule has 0 fully saturated rings. The Balaban J connectivity index is 1.93. The van der Waals surface area contributed by atoms with Gasteiger partial charge in [0.05, 0.1) is 14.2 Å². The van der Waals surface area contributed by atoms with Crippen LogP contribution in [0.3, 0.4) is 0 Å². The molecular weight excluding hydrogens is 330 g/mol. The largest absolute Gasteiger partial charge is 0.496 e. The van der Waals surface area contributed by atoms with Crippen LogP contribution >= 0.6 is 0 Å². The molecule has 5 heteroatoms. The molecule has 1 unspecified atom stereocenters. The Labute approximate surface area is 154 Å². The van der Waals surface area contributed by atoms with Crippen LogP contribution in [0, 0.1) is 12.3 Å². The highest BCUT2D eigenvalue weighted by Gasteiger charge is 2.34. The highest BCUT2D eigenvalue weighted by Crippen LogP contribution is 2.42. The molecular formula is C21H25NO4. The fraction of sp³-hybridized carbons (Fsp3) is 0.429. The van der Waals surface area contributed by atoms with Crippen LogP contribution in [-0.4, -0.2) is 25.2 Å². The monoisotopic (exact) mass is 355 g/mol. The molecule has 1 aliphatic rings. The molecule has 0 saturated heterocycles. The number of hydrogen-bond donors (Lipinski definition) is 0. The highest BCUT2D eigenvalue weighted by molar-refractivity contribution is 5.92. The maximum atomic E-state index is 11.8. The summed E-state index contributed by atoms with van der Waals surface area (Å²) >= 11 is 0. The van der Waals surface area contributed by atoms with Crippen LogP contribution in [0.1, 0.15) is 53.6 Å². The first-order chi connectivity index (χ1) is 12.3. The molecule has 3 rings (SSSR count). The zero-order valence-corrected chi connectivity index (χ0v) is 16.0. The normalized spacial score (nSPS) is 18.0. The maximum Gasteiger partial charge on any atom is 0.341 e. The summed E-state index contributed by atoms with van der Waals surface area (Å²) in [6, 6.07) is 7.34. The number of carbonyl (C=O) groups is 1. The Morgan fingerprint density at radius 2 is 2.00 bits per heavy atom. The van der Waals surface area contributed by atoms with Crippen LogP contribution in [-0.2, 0) is 11.2 Å². The van der Waals surface area contributed by atoms with E-state index >= 15 is 0 Å². The number of fused-ring (bicyclic) bond motifs is 1. The first-order valence-electron chi connectivity index (χ1n) is 8.71. The van der Waals surface area contributed by atoms with Gasteiger partial charge < -0.3 is 14.2 Å². The SMILES string of the molecule is COC(=O)c1ccc(OC2CC(C)(C)Cc3ncc(C)cc32)cc1OC. The van der Waals surface area contributed by atoms with E-state index in [2.05, 4.69) is 24.9 Å². The lowest BCUT2D eigenvalue weighted by Crippen LogP contribution is -2.29. The van der Waals surface area contributed by atoms with Gasteiger partial charge in [0.25, 0.3) is 0 Å². The third kappa shape index (κ3) is 3.66. The van der Waals surface area contributed by atoms with E-state index in [1.807, 2.05) is 13.1 Å². The molecule has 1 aliphatic carbocycles. The van der Waals surface area contributed by atoms with Crippen molar-refractivity contribution in [1.82, 2.24) is 4.98 Å². The number of methoxy groups -OCH3 is 2. The summed E-state index contributed by atoms with van der Waals surface area (Å²) in [5.74, 6) is 0.661. The second kappa shape index (κ2) is 6.98. The van der Waals surface area contributed by atoms with Crippen LogP contribution in [0.2, 0.25) is 0 Å². The molecule has 0 N–H and O–H groups in total. The average molecular weight is 355 g/mol. The van der Waals surface area contributed by atoms with E-state index in [1.165, 1.54) is 14.2 Å². The zero-order chi connectivity index (χ0) is 18.9. The van der Waals surface area contributed by atoms with Crippen LogP contribution in [0.5, 0.6) is 11.5 Å². The maximum absolute atomic E-state index is 11.8. The van der Waals surface area contributed by atoms with Crippen molar-refractivity contribution in [3.63, 3.8) is 0 Å². The molecule has 1 aromatic carbocycles. The lowest BCUT2D eigenvalue weighted by Gasteiger charge is -2.36. The summed E-state index contributed by atoms with van der Waals surface area (Å²) in [7, 11) is 2.88. The first kappa shape index (κ1) is 18.2. The van der Waals surface area contributed by atoms with Crippen molar-refractivity contribution in [2.75, 3.05) is 14.2 Å². The second-order valence-corrected chi connectivity index (χ2v) is 7.55. The molecule has 1 aromatic heterocycles. The Morgan fingerprint density at radius 3 is 2.69 bits per heavy atom. The molecule has 138 valence electrons. The minimum Gasteiger partial charge on any atom is -0.496 e. The molecule has 0 radical (unpaired) electrons. The lowest BCUT2D eigenvalue weighted by atomic mass is 9.74. The number of esters is 1. The van der Waals surface area contributed by atoms with E-state index in [0.717, 1.165) is 29.7 Å². The van der Waals surface area contributed by atoms with E-state index in [4.69, 9.17) is 14.2 Å². The minimum atomic E-state index is -0.433. The van der Waals surface area contributed by atoms with Gasteiger partial charge in [-0.2, -0.15) is 0 Å². The molecule has 0 spiro atoms. The third-order valence-electron chi connectivity index (χ3n) is 4.73. The van der Waals surface area contributed by atoms with Gasteiger partial charge in [-0.25, -0.2) is 4.79 Å². The van der Waals surface area contributed by atoms with Crippen molar-refractivity contribution in [3.8, 4) is 11.5 Å². The van der Waals surface area contributed by atoms with Gasteiger partial charge in [-0.05, 0) is 48.9 Å². The van der Waals surface area contributed by atoms with Crippen molar-refractivity contribution in [2.45, 2.75) is 39.7 Å². The van der Waals surface area contributed by atoms with Crippen LogP contribution in [0.4, 0.5) is 0 Å². The summed E-state index contributed by atoms with van der Waals surface area (Å²) in [6.45, 7) is 6.50. The number of benzene rings is 1. The van der Waals surface area contributed by atoms with Gasteiger partial charge in [-0.15, -0.1) is 0 Å². The van der Waals surface area contributed by atoms with Crippen molar-refractivity contribution < 1.29 is 19.0 Å². The molecule has 1 atom stereocenters. The third-order valence-corrected chi connectivity index (χ3v) is 4.73. The summed E-state index contributed by atoms with van der Waals surface area (Å²) in [4.78, 5) is 16.5. The standard InChI is InChI=1S/C21H25NO4/c1-13-8-16-17(22-12-13)10-21(2,3)11-19(16)26-14-6-7-15(20(23)25-5)18(9-14)24-4/h6-9,12,19H,10-11H2,1-5H3. The quantitative estimate of drug-likeness (QED) is 0.766. The Hall–Kier alpha value is -2.56. The highest BCUT2D eigenvalue weighted by atomic mass is 16.5. The van der Waals surface area contributed by atoms with E-state index < -0.39 is 5.97 Å². The van der Waals surface area contributed by atoms with Gasteiger partial charge in [0.1, 0.15) is 23.2 Å². The number of aromatic nitrogens is 1. The number of ether oxygens (including phenoxy) is 3. The van der Waals surface area contributed by atoms with E-state index in [-0.39, 0.29) is 11.5 Å². The molecule has 0 saturated carbocycles. The van der Waals surface area contributed by atoms with Crippen LogP contribution < -0.4 is 9.47 Å². The number of aryl methyl sites for hydroxylation is 1. The minimum absolute atomic E-state index is 0.0881. The summed E-state index contributed by atoms with van der Waals surface area (Å²) in [5, 5.41) is 0. The summed E-state index contributed by atoms with van der Waals surface area (Å²) in [6.07, 6.45) is 3.65. The van der Waals surface area contributed by atoms with Gasteiger partial charge in [0.15, 0.2) is 0 Å². The Kier molecular flexibility index (Phi) is 4.90. The van der Waals surface area contributed by atoms with Crippen molar-refractivity contribution in [2.24, 2.45) is 5.41 Å². The zero-order valence-electron chi connectivity index (χ0n) is 16.0. The lowest BCUT2D eigenvalue weighted by molar-refractivity contribution is 0.0597. The summed E-state index contributed by atoms with van der Waals surface area (Å²) in [5.41, 5.74) is 3.84. The molecule has 2 aromatic rings. The van der Waals surface area contributed by atoms with Gasteiger partial charge in [0.2, 0.25) is 0 Å².